The average molecular weight is 1210 g/mol. The van der Waals surface area contributed by atoms with Crippen LogP contribution < -0.4 is 44.0 Å². The Kier molecular flexibility index (Phi) is 19.9. The molecule has 7 heterocycles. The molecular weight excluding hydrogens is 1150 g/mol. The molecule has 3 saturated heterocycles. The van der Waals surface area contributed by atoms with Gasteiger partial charge < -0.3 is 47.1 Å². The molecule has 0 aliphatic carbocycles. The van der Waals surface area contributed by atoms with Crippen molar-refractivity contribution in [2.45, 2.75) is 119 Å². The number of nitrogens with zero attached hydrogens (tertiary/aromatic N) is 6. The van der Waals surface area contributed by atoms with Gasteiger partial charge in [0.1, 0.15) is 48.3 Å². The number of carbonyl (C=O) groups is 6. The normalized spacial score (nSPS) is 27.3. The van der Waals surface area contributed by atoms with E-state index in [0.717, 1.165) is 34.4 Å². The van der Waals surface area contributed by atoms with E-state index in [1.807, 2.05) is 4.98 Å². The molecule has 7 amide bonds. The maximum absolute atomic E-state index is 16.7. The molecule has 3 aromatic heterocycles. The second kappa shape index (κ2) is 26.6. The lowest BCUT2D eigenvalue weighted by Gasteiger charge is -2.29. The van der Waals surface area contributed by atoms with E-state index in [1.165, 1.54) is 36.4 Å². The first-order chi connectivity index (χ1) is 39.0. The SMILES string of the molecule is CC(C)C(NC(=O)CCCCCN1C(=O)C=CC1=O)C(=O)NC(CCCNC(N)=O)C(=O)Nc1ccc(CSP2(=O)OC[C@H]3O[C@@H](n4cnc5c(N)ncnc54)[C@H](F)[C@@H]3OP(=O)(O)OC[C@H]3O[C@@H](n4ccc(=O)[nH]c4=O)[C@H](F)[C@@H]3O2)cc1. The van der Waals surface area contributed by atoms with Crippen LogP contribution in [0, 0.1) is 5.92 Å². The molecule has 10 N–H and O–H groups in total. The highest BCUT2D eigenvalue weighted by Gasteiger charge is 2.55. The van der Waals surface area contributed by atoms with Crippen LogP contribution in [-0.4, -0.2) is 150 Å². The average Bonchev–Trinajstić information content (AvgIpc) is 4.39. The number of H-pyrrole nitrogens is 1. The number of phosphoric ester groups is 1. The van der Waals surface area contributed by atoms with Gasteiger partial charge in [0.25, 0.3) is 17.4 Å². The van der Waals surface area contributed by atoms with Gasteiger partial charge in [-0.1, -0.05) is 32.4 Å². The van der Waals surface area contributed by atoms with Gasteiger partial charge in [-0.25, -0.2) is 42.5 Å². The number of imide groups is 1. The molecule has 35 heteroatoms. The molecule has 30 nitrogen and oxygen atoms in total. The zero-order valence-electron chi connectivity index (χ0n) is 43.8. The number of unbranched alkanes of at least 4 members (excludes halogenated alkanes) is 2. The number of halogens is 2. The number of alkyl halides is 2. The van der Waals surface area contributed by atoms with E-state index in [2.05, 4.69) is 36.2 Å². The van der Waals surface area contributed by atoms with Crippen LogP contribution in [0.3, 0.4) is 0 Å². The fourth-order valence-electron chi connectivity index (χ4n) is 9.08. The molecule has 4 unspecified atom stereocenters. The van der Waals surface area contributed by atoms with Gasteiger partial charge in [-0.3, -0.25) is 65.9 Å². The molecule has 12 atom stereocenters. The van der Waals surface area contributed by atoms with Gasteiger partial charge in [0, 0.05) is 55.4 Å². The number of urea groups is 1. The number of nitrogen functional groups attached to an aromatic ring is 1. The molecule has 3 fully saturated rings. The molecule has 4 aliphatic heterocycles. The number of fused-ring (bicyclic) bond motifs is 3. The number of amides is 7. The Labute approximate surface area is 468 Å². The van der Waals surface area contributed by atoms with Gasteiger partial charge in [-0.05, 0) is 60.7 Å². The van der Waals surface area contributed by atoms with E-state index < -0.39 is 142 Å². The Morgan fingerprint density at radius 2 is 1.52 bits per heavy atom. The molecule has 4 aromatic rings. The van der Waals surface area contributed by atoms with Crippen molar-refractivity contribution in [3.63, 3.8) is 0 Å². The molecule has 1 aromatic carbocycles. The summed E-state index contributed by atoms with van der Waals surface area (Å²) in [5.74, 6) is -3.29. The topological polar surface area (TPSA) is 414 Å². The van der Waals surface area contributed by atoms with Crippen LogP contribution in [0.1, 0.15) is 70.4 Å². The molecule has 0 bridgehead atoms. The molecule has 0 radical (unpaired) electrons. The maximum atomic E-state index is 16.7. The predicted molar refractivity (Wildman–Crippen MR) is 284 cm³/mol. The summed E-state index contributed by atoms with van der Waals surface area (Å²) >= 11 is 0.520. The Morgan fingerprint density at radius 1 is 0.854 bits per heavy atom. The largest absolute Gasteiger partial charge is 0.472 e. The molecule has 4 aliphatic rings. The number of hydrogen-bond acceptors (Lipinski definition) is 21. The Balaban J connectivity index is 0.955. The standard InChI is InChI=1S/C47H59F2N13O17P2S/c1-24(2)36(58-30(63)8-4-3-5-17-60-32(65)13-14-33(60)66)43(68)57-27(7-6-16-52-46(51)69)42(67)56-26-11-9-25(10-12-26)21-82-81(73)75-20-29-38(34(48)45(77-29)62-23-55-37-40(50)53-22-54-41(37)62)78-80(71,72)74-19-28-39(79-81)35(49)44(76-28)61-18-15-31(64)59-47(61)70/h9-15,18,22-24,27-29,34-36,38-39,44-45H,3-8,16-17,19-21H2,1-2H3,(H,56,67)(H,57,68)(H,58,63)(H,71,72)(H2,50,53,54)(H3,51,52,69)(H,59,64,70)/t27?,28-,29-,34-,35-,36?,38-,39-,44-,45-,81?/m1/s1. The molecule has 0 saturated carbocycles. The van der Waals surface area contributed by atoms with Gasteiger partial charge in [0.05, 0.1) is 19.5 Å². The molecule has 82 heavy (non-hydrogen) atoms. The lowest BCUT2D eigenvalue weighted by molar-refractivity contribution is -0.137. The lowest BCUT2D eigenvalue weighted by atomic mass is 10.0. The van der Waals surface area contributed by atoms with Gasteiger partial charge in [-0.15, -0.1) is 0 Å². The summed E-state index contributed by atoms with van der Waals surface area (Å²) in [6.45, 7) is -3.01. The summed E-state index contributed by atoms with van der Waals surface area (Å²) in [5.41, 5.74) is 9.93. The van der Waals surface area contributed by atoms with E-state index in [9.17, 15) is 47.8 Å². The number of rotatable bonds is 21. The first-order valence-corrected chi connectivity index (χ1v) is 30.3. The van der Waals surface area contributed by atoms with Crippen LogP contribution >= 0.6 is 26.0 Å². The first-order valence-electron chi connectivity index (χ1n) is 25.6. The van der Waals surface area contributed by atoms with Gasteiger partial charge in [-0.2, -0.15) is 0 Å². The van der Waals surface area contributed by atoms with Gasteiger partial charge in [0.15, 0.2) is 36.3 Å². The van der Waals surface area contributed by atoms with Gasteiger partial charge in [0.2, 0.25) is 17.7 Å². The number of carbonyl (C=O) groups excluding carboxylic acids is 6. The number of hydrogen-bond donors (Lipinski definition) is 8. The number of nitrogens with two attached hydrogens (primary N) is 2. The van der Waals surface area contributed by atoms with Crippen LogP contribution in [0.25, 0.3) is 11.2 Å². The molecule has 444 valence electrons. The fourth-order valence-corrected chi connectivity index (χ4v) is 13.4. The van der Waals surface area contributed by atoms with Crippen LogP contribution in [0.2, 0.25) is 0 Å². The van der Waals surface area contributed by atoms with E-state index in [0.29, 0.717) is 40.8 Å². The van der Waals surface area contributed by atoms with Gasteiger partial charge >= 0.3 is 26.3 Å². The Morgan fingerprint density at radius 3 is 2.20 bits per heavy atom. The van der Waals surface area contributed by atoms with Crippen LogP contribution in [-0.2, 0) is 66.4 Å². The summed E-state index contributed by atoms with van der Waals surface area (Å²) in [4.78, 5) is 126. The van der Waals surface area contributed by atoms with Crippen molar-refractivity contribution in [1.29, 1.82) is 0 Å². The molecule has 0 spiro atoms. The number of anilines is 2. The predicted octanol–water partition coefficient (Wildman–Crippen LogP) is 1.89. The van der Waals surface area contributed by atoms with Crippen molar-refractivity contribution >= 4 is 84.2 Å². The molecular formula is C47H59F2N13O17P2S. The fraction of sp³-hybridized carbons (Fsp3) is 0.511. The highest BCUT2D eigenvalue weighted by molar-refractivity contribution is 8.54. The lowest BCUT2D eigenvalue weighted by Crippen LogP contribution is -2.54. The summed E-state index contributed by atoms with van der Waals surface area (Å²) in [6, 6.07) is 3.80. The number of aromatic amines is 1. The Bertz CT molecular complexity index is 3270. The van der Waals surface area contributed by atoms with Crippen molar-refractivity contribution in [3.8, 4) is 0 Å². The summed E-state index contributed by atoms with van der Waals surface area (Å²) in [6.07, 6.45) is -8.40. The monoisotopic (exact) mass is 1210 g/mol. The van der Waals surface area contributed by atoms with Crippen molar-refractivity contribution in [3.05, 3.63) is 87.7 Å². The third-order valence-electron chi connectivity index (χ3n) is 13.3. The van der Waals surface area contributed by atoms with E-state index in [-0.39, 0.29) is 60.8 Å². The zero-order chi connectivity index (χ0) is 59.0. The second-order valence-corrected chi connectivity index (χ2v) is 24.9. The third kappa shape index (κ3) is 15.1. The van der Waals surface area contributed by atoms with Crippen LogP contribution in [0.15, 0.2) is 70.9 Å². The number of ether oxygens (including phenoxy) is 2. The number of nitrogens with one attached hydrogen (secondary N) is 5. The minimum absolute atomic E-state index is 0.00844. The number of imidazole rings is 1. The smallest absolute Gasteiger partial charge is 0.382 e. The quantitative estimate of drug-likeness (QED) is 0.0335. The van der Waals surface area contributed by atoms with Crippen molar-refractivity contribution in [2.75, 3.05) is 37.4 Å². The molecule has 8 rings (SSSR count). The Hall–Kier alpha value is -6.80. The highest BCUT2D eigenvalue weighted by Crippen LogP contribution is 2.65. The third-order valence-corrected chi connectivity index (χ3v) is 17.9. The second-order valence-electron chi connectivity index (χ2n) is 19.5. The van der Waals surface area contributed by atoms with Crippen molar-refractivity contribution < 1.29 is 79.1 Å². The minimum Gasteiger partial charge on any atom is -0.382 e. The number of aromatic nitrogens is 6. The van der Waals surface area contributed by atoms with E-state index in [4.69, 9.17) is 39.0 Å². The number of benzene rings is 1. The van der Waals surface area contributed by atoms with Crippen molar-refractivity contribution in [2.24, 2.45) is 11.7 Å². The number of primary amides is 1. The number of phosphoric acid groups is 1. The first kappa shape index (κ1) is 61.3. The maximum Gasteiger partial charge on any atom is 0.472 e. The van der Waals surface area contributed by atoms with E-state index in [1.54, 1.807) is 13.8 Å². The van der Waals surface area contributed by atoms with Crippen LogP contribution in [0.4, 0.5) is 25.1 Å². The minimum atomic E-state index is -5.31. The van der Waals surface area contributed by atoms with Crippen molar-refractivity contribution in [1.82, 2.24) is 49.9 Å². The van der Waals surface area contributed by atoms with E-state index >= 15 is 13.3 Å². The van der Waals surface area contributed by atoms with Crippen LogP contribution in [0.5, 0.6) is 0 Å². The zero-order valence-corrected chi connectivity index (χ0v) is 46.4. The summed E-state index contributed by atoms with van der Waals surface area (Å²) < 4.78 is 97.6. The highest BCUT2D eigenvalue weighted by atomic mass is 32.7. The summed E-state index contributed by atoms with van der Waals surface area (Å²) in [7, 11) is -5.31. The summed E-state index contributed by atoms with van der Waals surface area (Å²) in [5, 5.41) is 10.6.